The van der Waals surface area contributed by atoms with Crippen LogP contribution in [0, 0.1) is 0 Å². The molecule has 0 unspecified atom stereocenters. The highest BCUT2D eigenvalue weighted by atomic mass is 19.2. The van der Waals surface area contributed by atoms with Gasteiger partial charge in [-0.2, -0.15) is 4.39 Å². The smallest absolute Gasteiger partial charge is 0.389 e. The Balaban J connectivity index is 2.63. The molecule has 88 valence electrons. The summed E-state index contributed by atoms with van der Waals surface area (Å²) in [5, 5.41) is 9.43. The first-order chi connectivity index (χ1) is 6.73. The first kappa shape index (κ1) is 12.4. The number of nitrogens with zero attached hydrogens (tertiary/aromatic N) is 1. The Morgan fingerprint density at radius 3 is 2.20 bits per heavy atom. The van der Waals surface area contributed by atoms with E-state index in [1.54, 1.807) is 20.8 Å². The Hall–Kier alpha value is -0.680. The summed E-state index contributed by atoms with van der Waals surface area (Å²) >= 11 is 0. The average molecular weight is 219 g/mol. The van der Waals surface area contributed by atoms with Crippen LogP contribution in [0.25, 0.3) is 0 Å². The minimum absolute atomic E-state index is 0.381. The van der Waals surface area contributed by atoms with Gasteiger partial charge < -0.3 is 9.84 Å². The SMILES string of the molecule is CC(C)(C)OC(=O)[C@](O)(F)N1CCCC1. The quantitative estimate of drug-likeness (QED) is 0.557. The Morgan fingerprint density at radius 2 is 1.80 bits per heavy atom. The van der Waals surface area contributed by atoms with E-state index >= 15 is 0 Å². The van der Waals surface area contributed by atoms with Crippen molar-refractivity contribution in [1.82, 2.24) is 4.90 Å². The van der Waals surface area contributed by atoms with Crippen molar-refractivity contribution in [2.75, 3.05) is 13.1 Å². The lowest BCUT2D eigenvalue weighted by Gasteiger charge is -2.30. The van der Waals surface area contributed by atoms with Gasteiger partial charge in [0.25, 0.3) is 0 Å². The summed E-state index contributed by atoms with van der Waals surface area (Å²) in [6.45, 7) is 5.65. The molecule has 0 aromatic heterocycles. The van der Waals surface area contributed by atoms with E-state index in [-0.39, 0.29) is 0 Å². The first-order valence-electron chi connectivity index (χ1n) is 5.13. The van der Waals surface area contributed by atoms with Gasteiger partial charge in [-0.3, -0.25) is 0 Å². The van der Waals surface area contributed by atoms with Crippen molar-refractivity contribution in [1.29, 1.82) is 0 Å². The molecule has 0 amide bonds. The number of rotatable bonds is 2. The van der Waals surface area contributed by atoms with Gasteiger partial charge in [-0.05, 0) is 33.6 Å². The number of carbonyl (C=O) groups excluding carboxylic acids is 1. The topological polar surface area (TPSA) is 49.8 Å². The van der Waals surface area contributed by atoms with Crippen molar-refractivity contribution in [2.45, 2.75) is 45.2 Å². The summed E-state index contributed by atoms with van der Waals surface area (Å²) in [5.41, 5.74) is -0.795. The third kappa shape index (κ3) is 3.14. The van der Waals surface area contributed by atoms with Gasteiger partial charge in [-0.15, -0.1) is 0 Å². The van der Waals surface area contributed by atoms with E-state index in [1.807, 2.05) is 0 Å². The lowest BCUT2D eigenvalue weighted by atomic mass is 10.2. The van der Waals surface area contributed by atoms with Crippen LogP contribution in [0.15, 0.2) is 0 Å². The summed E-state index contributed by atoms with van der Waals surface area (Å²) in [4.78, 5) is 12.5. The van der Waals surface area contributed by atoms with Crippen molar-refractivity contribution in [3.63, 3.8) is 0 Å². The highest BCUT2D eigenvalue weighted by Gasteiger charge is 2.46. The largest absolute Gasteiger partial charge is 0.455 e. The summed E-state index contributed by atoms with van der Waals surface area (Å²) in [7, 11) is 0. The van der Waals surface area contributed by atoms with E-state index in [2.05, 4.69) is 0 Å². The molecule has 0 aliphatic carbocycles. The molecule has 1 rings (SSSR count). The number of ether oxygens (including phenoxy) is 1. The number of hydrogen-bond acceptors (Lipinski definition) is 4. The van der Waals surface area contributed by atoms with Gasteiger partial charge in [0.2, 0.25) is 0 Å². The standard InChI is InChI=1S/C10H18FNO3/c1-9(2,3)15-8(13)10(11,14)12-6-4-5-7-12/h14H,4-7H2,1-3H3/t10-/m0/s1. The van der Waals surface area contributed by atoms with Gasteiger partial charge in [-0.25, -0.2) is 9.69 Å². The van der Waals surface area contributed by atoms with Gasteiger partial charge in [0.05, 0.1) is 0 Å². The number of halogens is 1. The van der Waals surface area contributed by atoms with Gasteiger partial charge in [0, 0.05) is 13.1 Å². The highest BCUT2D eigenvalue weighted by molar-refractivity contribution is 5.77. The van der Waals surface area contributed by atoms with Crippen LogP contribution in [-0.2, 0) is 9.53 Å². The Bertz CT molecular complexity index is 242. The lowest BCUT2D eigenvalue weighted by molar-refractivity contribution is -0.236. The minimum atomic E-state index is -2.98. The summed E-state index contributed by atoms with van der Waals surface area (Å²) in [6, 6.07) is 0. The molecule has 0 spiro atoms. The molecule has 0 aromatic carbocycles. The minimum Gasteiger partial charge on any atom is -0.455 e. The van der Waals surface area contributed by atoms with Crippen molar-refractivity contribution in [2.24, 2.45) is 0 Å². The summed E-state index contributed by atoms with van der Waals surface area (Å²) in [5.74, 6) is -4.21. The summed E-state index contributed by atoms with van der Waals surface area (Å²) in [6.07, 6.45) is 1.57. The van der Waals surface area contributed by atoms with E-state index in [9.17, 15) is 14.3 Å². The molecule has 5 heteroatoms. The zero-order valence-electron chi connectivity index (χ0n) is 9.42. The molecule has 1 atom stereocenters. The van der Waals surface area contributed by atoms with E-state index in [0.29, 0.717) is 13.1 Å². The van der Waals surface area contributed by atoms with Crippen LogP contribution < -0.4 is 0 Å². The highest BCUT2D eigenvalue weighted by Crippen LogP contribution is 2.24. The molecular formula is C10H18FNO3. The maximum atomic E-state index is 13.7. The molecule has 1 saturated heterocycles. The fourth-order valence-corrected chi connectivity index (χ4v) is 1.49. The Kier molecular flexibility index (Phi) is 3.35. The van der Waals surface area contributed by atoms with Crippen LogP contribution in [0.3, 0.4) is 0 Å². The second-order valence-electron chi connectivity index (χ2n) is 4.78. The Morgan fingerprint density at radius 1 is 1.33 bits per heavy atom. The van der Waals surface area contributed by atoms with E-state index in [1.165, 1.54) is 0 Å². The molecule has 0 radical (unpaired) electrons. The van der Waals surface area contributed by atoms with E-state index < -0.39 is 17.5 Å². The Labute approximate surface area is 89.0 Å². The molecule has 0 saturated carbocycles. The number of likely N-dealkylation sites (tertiary alicyclic amines) is 1. The van der Waals surface area contributed by atoms with Crippen LogP contribution in [0.4, 0.5) is 4.39 Å². The van der Waals surface area contributed by atoms with Gasteiger partial charge in [0.15, 0.2) is 0 Å². The van der Waals surface area contributed by atoms with Crippen LogP contribution in [-0.4, -0.2) is 40.6 Å². The maximum absolute atomic E-state index is 13.7. The van der Waals surface area contributed by atoms with Crippen LogP contribution in [0.2, 0.25) is 0 Å². The normalized spacial score (nSPS) is 22.5. The number of esters is 1. The van der Waals surface area contributed by atoms with Crippen molar-refractivity contribution in [3.05, 3.63) is 0 Å². The zero-order chi connectivity index (χ0) is 11.7. The third-order valence-electron chi connectivity index (χ3n) is 2.18. The number of alkyl halides is 1. The zero-order valence-corrected chi connectivity index (χ0v) is 9.42. The molecule has 4 nitrogen and oxygen atoms in total. The number of hydrogen-bond donors (Lipinski definition) is 1. The molecule has 1 aliphatic rings. The van der Waals surface area contributed by atoms with Crippen molar-refractivity contribution in [3.8, 4) is 0 Å². The average Bonchev–Trinajstić information content (AvgIpc) is 2.52. The predicted octanol–water partition coefficient (Wildman–Crippen LogP) is 1.04. The molecular weight excluding hydrogens is 201 g/mol. The fourth-order valence-electron chi connectivity index (χ4n) is 1.49. The van der Waals surface area contributed by atoms with Crippen molar-refractivity contribution >= 4 is 5.97 Å². The molecule has 0 aromatic rings. The monoisotopic (exact) mass is 219 g/mol. The lowest BCUT2D eigenvalue weighted by Crippen LogP contribution is -2.52. The van der Waals surface area contributed by atoms with Gasteiger partial charge in [0.1, 0.15) is 5.60 Å². The van der Waals surface area contributed by atoms with Gasteiger partial charge in [-0.1, -0.05) is 0 Å². The van der Waals surface area contributed by atoms with Crippen LogP contribution >= 0.6 is 0 Å². The maximum Gasteiger partial charge on any atom is 0.389 e. The molecule has 1 fully saturated rings. The molecule has 15 heavy (non-hydrogen) atoms. The van der Waals surface area contributed by atoms with E-state index in [0.717, 1.165) is 17.7 Å². The van der Waals surface area contributed by atoms with Crippen LogP contribution in [0.1, 0.15) is 33.6 Å². The predicted molar refractivity (Wildman–Crippen MR) is 52.7 cm³/mol. The molecule has 1 aliphatic heterocycles. The number of aliphatic hydroxyl groups is 1. The molecule has 1 N–H and O–H groups in total. The second kappa shape index (κ2) is 4.06. The number of carbonyl (C=O) groups is 1. The third-order valence-corrected chi connectivity index (χ3v) is 2.18. The van der Waals surface area contributed by atoms with Crippen LogP contribution in [0.5, 0.6) is 0 Å². The van der Waals surface area contributed by atoms with Crippen molar-refractivity contribution < 1.29 is 19.0 Å². The molecule has 0 bridgehead atoms. The molecule has 1 heterocycles. The van der Waals surface area contributed by atoms with E-state index in [4.69, 9.17) is 4.74 Å². The second-order valence-corrected chi connectivity index (χ2v) is 4.78. The fraction of sp³-hybridized carbons (Fsp3) is 0.900. The summed E-state index contributed by atoms with van der Waals surface area (Å²) < 4.78 is 18.5. The first-order valence-corrected chi connectivity index (χ1v) is 5.13. The van der Waals surface area contributed by atoms with Gasteiger partial charge >= 0.3 is 11.9 Å².